The SMILES string of the molecule is CCNC(=NCCOCc1ccccc1)N1CC(CCN2CCCC2=O)c2ccccc21. The predicted molar refractivity (Wildman–Crippen MR) is 129 cm³/mol. The van der Waals surface area contributed by atoms with Crippen LogP contribution in [0, 0.1) is 0 Å². The number of likely N-dealkylation sites (tertiary alicyclic amines) is 1. The second kappa shape index (κ2) is 11.1. The molecular weight excluding hydrogens is 400 g/mol. The van der Waals surface area contributed by atoms with Gasteiger partial charge in [0.1, 0.15) is 0 Å². The summed E-state index contributed by atoms with van der Waals surface area (Å²) >= 11 is 0. The Morgan fingerprint density at radius 2 is 1.97 bits per heavy atom. The molecule has 1 N–H and O–H groups in total. The molecule has 6 nitrogen and oxygen atoms in total. The number of nitrogens with zero attached hydrogens (tertiary/aromatic N) is 3. The topological polar surface area (TPSA) is 57.2 Å². The standard InChI is InChI=1S/C26H34N4O2/c1-2-27-26(28-15-18-32-20-21-9-4-3-5-10-21)30-19-22(23-11-6-7-12-24(23)30)14-17-29-16-8-13-25(29)31/h3-7,9-12,22H,2,8,13-20H2,1H3,(H,27,28). The van der Waals surface area contributed by atoms with E-state index in [4.69, 9.17) is 9.73 Å². The molecule has 2 aromatic carbocycles. The average Bonchev–Trinajstić information content (AvgIpc) is 3.40. The second-order valence-electron chi connectivity index (χ2n) is 8.41. The molecule has 2 heterocycles. The molecule has 1 saturated heterocycles. The Morgan fingerprint density at radius 3 is 2.75 bits per heavy atom. The summed E-state index contributed by atoms with van der Waals surface area (Å²) in [6, 6.07) is 18.8. The Labute approximate surface area is 191 Å². The van der Waals surface area contributed by atoms with Gasteiger partial charge in [-0.3, -0.25) is 9.79 Å². The van der Waals surface area contributed by atoms with Crippen molar-refractivity contribution in [1.82, 2.24) is 10.2 Å². The van der Waals surface area contributed by atoms with Gasteiger partial charge in [-0.1, -0.05) is 48.5 Å². The number of carbonyl (C=O) groups excluding carboxylic acids is 1. The molecule has 0 aromatic heterocycles. The number of carbonyl (C=O) groups is 1. The van der Waals surface area contributed by atoms with Crippen LogP contribution in [0.3, 0.4) is 0 Å². The smallest absolute Gasteiger partial charge is 0.222 e. The minimum Gasteiger partial charge on any atom is -0.375 e. The van der Waals surface area contributed by atoms with E-state index >= 15 is 0 Å². The van der Waals surface area contributed by atoms with Crippen LogP contribution in [0.5, 0.6) is 0 Å². The first-order chi connectivity index (χ1) is 15.8. The molecule has 0 aliphatic carbocycles. The van der Waals surface area contributed by atoms with Crippen molar-refractivity contribution in [3.63, 3.8) is 0 Å². The highest BCUT2D eigenvalue weighted by Gasteiger charge is 2.32. The zero-order valence-corrected chi connectivity index (χ0v) is 19.0. The molecule has 1 unspecified atom stereocenters. The predicted octanol–water partition coefficient (Wildman–Crippen LogP) is 3.79. The number of fused-ring (bicyclic) bond motifs is 1. The highest BCUT2D eigenvalue weighted by Crippen LogP contribution is 2.38. The van der Waals surface area contributed by atoms with Crippen LogP contribution in [0.2, 0.25) is 0 Å². The lowest BCUT2D eigenvalue weighted by molar-refractivity contribution is -0.127. The Morgan fingerprint density at radius 1 is 1.16 bits per heavy atom. The van der Waals surface area contributed by atoms with E-state index in [1.54, 1.807) is 0 Å². The number of para-hydroxylation sites is 1. The van der Waals surface area contributed by atoms with Gasteiger partial charge in [-0.05, 0) is 37.0 Å². The molecule has 1 amide bonds. The van der Waals surface area contributed by atoms with Gasteiger partial charge in [0, 0.05) is 44.2 Å². The molecule has 0 spiro atoms. The molecule has 0 bridgehead atoms. The lowest BCUT2D eigenvalue weighted by atomic mass is 9.98. The van der Waals surface area contributed by atoms with E-state index in [-0.39, 0.29) is 0 Å². The lowest BCUT2D eigenvalue weighted by Crippen LogP contribution is -2.41. The molecule has 0 saturated carbocycles. The van der Waals surface area contributed by atoms with E-state index in [0.717, 1.165) is 45.0 Å². The zero-order valence-electron chi connectivity index (χ0n) is 19.0. The number of aliphatic imine (C=N–C) groups is 1. The fourth-order valence-corrected chi connectivity index (χ4v) is 4.57. The third kappa shape index (κ3) is 5.49. The van der Waals surface area contributed by atoms with Gasteiger partial charge in [-0.15, -0.1) is 0 Å². The lowest BCUT2D eigenvalue weighted by Gasteiger charge is -2.23. The molecule has 1 atom stereocenters. The van der Waals surface area contributed by atoms with Crippen molar-refractivity contribution < 1.29 is 9.53 Å². The maximum absolute atomic E-state index is 12.0. The number of rotatable bonds is 9. The summed E-state index contributed by atoms with van der Waals surface area (Å²) < 4.78 is 5.82. The number of nitrogens with one attached hydrogen (secondary N) is 1. The van der Waals surface area contributed by atoms with Crippen LogP contribution in [0.15, 0.2) is 59.6 Å². The summed E-state index contributed by atoms with van der Waals surface area (Å²) in [5.41, 5.74) is 3.75. The minimum atomic E-state index is 0.304. The van der Waals surface area contributed by atoms with E-state index in [0.29, 0.717) is 38.0 Å². The van der Waals surface area contributed by atoms with Crippen molar-refractivity contribution in [2.45, 2.75) is 38.7 Å². The second-order valence-corrected chi connectivity index (χ2v) is 8.41. The Hall–Kier alpha value is -2.86. The molecular formula is C26H34N4O2. The van der Waals surface area contributed by atoms with Crippen molar-refractivity contribution in [2.24, 2.45) is 4.99 Å². The summed E-state index contributed by atoms with van der Waals surface area (Å²) in [7, 11) is 0. The van der Waals surface area contributed by atoms with Crippen LogP contribution in [0.1, 0.15) is 43.2 Å². The molecule has 32 heavy (non-hydrogen) atoms. The van der Waals surface area contributed by atoms with Crippen molar-refractivity contribution in [3.8, 4) is 0 Å². The van der Waals surface area contributed by atoms with Gasteiger partial charge in [0.05, 0.1) is 19.8 Å². The third-order valence-corrected chi connectivity index (χ3v) is 6.19. The first kappa shape index (κ1) is 22.3. The number of benzene rings is 2. The summed E-state index contributed by atoms with van der Waals surface area (Å²) in [6.07, 6.45) is 2.69. The Balaban J connectivity index is 1.37. The molecule has 4 rings (SSSR count). The Bertz CT molecular complexity index is 915. The van der Waals surface area contributed by atoms with Crippen molar-refractivity contribution in [1.29, 1.82) is 0 Å². The molecule has 2 aromatic rings. The molecule has 2 aliphatic rings. The van der Waals surface area contributed by atoms with Crippen molar-refractivity contribution in [2.75, 3.05) is 44.2 Å². The minimum absolute atomic E-state index is 0.304. The number of amides is 1. The normalized spacial score (nSPS) is 18.3. The number of hydrogen-bond donors (Lipinski definition) is 1. The van der Waals surface area contributed by atoms with Gasteiger partial charge < -0.3 is 19.9 Å². The number of hydrogen-bond acceptors (Lipinski definition) is 3. The van der Waals surface area contributed by atoms with E-state index in [1.165, 1.54) is 16.8 Å². The highest BCUT2D eigenvalue weighted by atomic mass is 16.5. The van der Waals surface area contributed by atoms with Crippen LogP contribution in [-0.2, 0) is 16.1 Å². The van der Waals surface area contributed by atoms with E-state index in [2.05, 4.69) is 53.5 Å². The molecule has 170 valence electrons. The quantitative estimate of drug-likeness (QED) is 0.371. The van der Waals surface area contributed by atoms with Crippen molar-refractivity contribution in [3.05, 3.63) is 65.7 Å². The molecule has 2 aliphatic heterocycles. The summed E-state index contributed by atoms with van der Waals surface area (Å²) in [4.78, 5) is 21.2. The van der Waals surface area contributed by atoms with Gasteiger partial charge in [-0.2, -0.15) is 0 Å². The molecule has 0 radical (unpaired) electrons. The number of anilines is 1. The zero-order chi connectivity index (χ0) is 22.2. The maximum Gasteiger partial charge on any atom is 0.222 e. The fourth-order valence-electron chi connectivity index (χ4n) is 4.57. The van der Waals surface area contributed by atoms with Crippen LogP contribution in [0.25, 0.3) is 0 Å². The first-order valence-corrected chi connectivity index (χ1v) is 11.8. The van der Waals surface area contributed by atoms with Gasteiger partial charge in [-0.25, -0.2) is 0 Å². The molecule has 1 fully saturated rings. The average molecular weight is 435 g/mol. The van der Waals surface area contributed by atoms with Crippen LogP contribution in [0.4, 0.5) is 5.69 Å². The first-order valence-electron chi connectivity index (χ1n) is 11.8. The fraction of sp³-hybridized carbons (Fsp3) is 0.462. The van der Waals surface area contributed by atoms with E-state index in [1.807, 2.05) is 23.1 Å². The van der Waals surface area contributed by atoms with Gasteiger partial charge >= 0.3 is 0 Å². The highest BCUT2D eigenvalue weighted by molar-refractivity contribution is 5.98. The van der Waals surface area contributed by atoms with Gasteiger partial charge in [0.2, 0.25) is 5.91 Å². The largest absolute Gasteiger partial charge is 0.375 e. The van der Waals surface area contributed by atoms with E-state index in [9.17, 15) is 4.79 Å². The summed E-state index contributed by atoms with van der Waals surface area (Å²) in [6.45, 7) is 7.35. The summed E-state index contributed by atoms with van der Waals surface area (Å²) in [5.74, 6) is 1.61. The monoisotopic (exact) mass is 434 g/mol. The number of ether oxygens (including phenoxy) is 1. The van der Waals surface area contributed by atoms with Crippen LogP contribution < -0.4 is 10.2 Å². The maximum atomic E-state index is 12.0. The number of guanidine groups is 1. The van der Waals surface area contributed by atoms with Gasteiger partial charge in [0.25, 0.3) is 0 Å². The third-order valence-electron chi connectivity index (χ3n) is 6.19. The van der Waals surface area contributed by atoms with Gasteiger partial charge in [0.15, 0.2) is 5.96 Å². The van der Waals surface area contributed by atoms with Crippen LogP contribution in [-0.4, -0.2) is 56.1 Å². The van der Waals surface area contributed by atoms with Crippen LogP contribution >= 0.6 is 0 Å². The Kier molecular flexibility index (Phi) is 7.77. The molecule has 6 heteroatoms. The van der Waals surface area contributed by atoms with Crippen molar-refractivity contribution >= 4 is 17.6 Å². The van der Waals surface area contributed by atoms with E-state index < -0.39 is 0 Å². The summed E-state index contributed by atoms with van der Waals surface area (Å²) in [5, 5.41) is 3.45.